The van der Waals surface area contributed by atoms with E-state index in [0.717, 1.165) is 9.75 Å². The predicted molar refractivity (Wildman–Crippen MR) is 54.8 cm³/mol. The normalized spacial score (nSPS) is 10.0. The Morgan fingerprint density at radius 2 is 2.20 bits per heavy atom. The molecule has 1 rings (SSSR count). The van der Waals surface area contributed by atoms with Crippen molar-refractivity contribution >= 4 is 23.2 Å². The van der Waals surface area contributed by atoms with E-state index in [4.69, 9.17) is 5.11 Å². The summed E-state index contributed by atoms with van der Waals surface area (Å²) in [6.07, 6.45) is 0. The molecule has 1 aromatic heterocycles. The first kappa shape index (κ1) is 11.7. The van der Waals surface area contributed by atoms with E-state index in [0.29, 0.717) is 5.56 Å². The fourth-order valence-electron chi connectivity index (χ4n) is 1.07. The largest absolute Gasteiger partial charge is 0.479 e. The number of aliphatic carboxylic acids is 1. The minimum absolute atomic E-state index is 0.418. The maximum Gasteiger partial charge on any atom is 0.332 e. The van der Waals surface area contributed by atoms with Crippen LogP contribution in [-0.2, 0) is 9.63 Å². The third kappa shape index (κ3) is 3.34. The second-order valence-corrected chi connectivity index (χ2v) is 4.40. The first-order chi connectivity index (χ1) is 7.00. The highest BCUT2D eigenvalue weighted by Gasteiger charge is 2.12. The average Bonchev–Trinajstić information content (AvgIpc) is 2.44. The molecule has 0 bridgehead atoms. The number of hydroxylamine groups is 1. The lowest BCUT2D eigenvalue weighted by Gasteiger charge is -2.02. The van der Waals surface area contributed by atoms with E-state index in [1.807, 2.05) is 13.8 Å². The molecule has 6 heteroatoms. The Bertz CT molecular complexity index is 385. The number of hydrogen-bond donors (Lipinski definition) is 2. The van der Waals surface area contributed by atoms with Crippen LogP contribution in [0.1, 0.15) is 20.1 Å². The monoisotopic (exact) mass is 229 g/mol. The van der Waals surface area contributed by atoms with E-state index in [-0.39, 0.29) is 0 Å². The zero-order chi connectivity index (χ0) is 11.4. The zero-order valence-electron chi connectivity index (χ0n) is 8.36. The van der Waals surface area contributed by atoms with Gasteiger partial charge in [0.1, 0.15) is 0 Å². The van der Waals surface area contributed by atoms with Gasteiger partial charge in [-0.2, -0.15) is 0 Å². The maximum absolute atomic E-state index is 11.4. The summed E-state index contributed by atoms with van der Waals surface area (Å²) in [6, 6.07) is 1.74. The third-order valence-electron chi connectivity index (χ3n) is 1.65. The molecule has 0 saturated carbocycles. The summed E-state index contributed by atoms with van der Waals surface area (Å²) in [6.45, 7) is 3.17. The van der Waals surface area contributed by atoms with Crippen LogP contribution in [0.2, 0.25) is 0 Å². The summed E-state index contributed by atoms with van der Waals surface area (Å²) in [5.74, 6) is -1.55. The number of carboxylic acid groups (broad SMARTS) is 1. The Labute approximate surface area is 90.6 Å². The van der Waals surface area contributed by atoms with Gasteiger partial charge in [0.15, 0.2) is 6.61 Å². The maximum atomic E-state index is 11.4. The van der Waals surface area contributed by atoms with Crippen LogP contribution in [0.25, 0.3) is 0 Å². The van der Waals surface area contributed by atoms with E-state index >= 15 is 0 Å². The van der Waals surface area contributed by atoms with Gasteiger partial charge in [-0.25, -0.2) is 10.3 Å². The number of carbonyl (C=O) groups is 2. The molecule has 1 heterocycles. The minimum Gasteiger partial charge on any atom is -0.479 e. The molecule has 82 valence electrons. The van der Waals surface area contributed by atoms with Gasteiger partial charge < -0.3 is 5.11 Å². The van der Waals surface area contributed by atoms with Crippen LogP contribution in [0.3, 0.4) is 0 Å². The number of carboxylic acids is 1. The van der Waals surface area contributed by atoms with Crippen molar-refractivity contribution in [3.05, 3.63) is 21.4 Å². The highest BCUT2D eigenvalue weighted by atomic mass is 32.1. The van der Waals surface area contributed by atoms with Gasteiger partial charge in [-0.05, 0) is 19.9 Å². The molecule has 0 atom stereocenters. The molecule has 0 saturated heterocycles. The van der Waals surface area contributed by atoms with Gasteiger partial charge in [0.25, 0.3) is 5.91 Å². The summed E-state index contributed by atoms with van der Waals surface area (Å²) in [4.78, 5) is 27.9. The van der Waals surface area contributed by atoms with Crippen LogP contribution in [0.5, 0.6) is 0 Å². The fraction of sp³-hybridized carbons (Fsp3) is 0.333. The summed E-state index contributed by atoms with van der Waals surface area (Å²) in [5, 5.41) is 8.28. The molecule has 0 fully saturated rings. The summed E-state index contributed by atoms with van der Waals surface area (Å²) in [7, 11) is 0. The Hall–Kier alpha value is -1.40. The predicted octanol–water partition coefficient (Wildman–Crippen LogP) is 1.11. The number of carbonyl (C=O) groups excluding carboxylic acids is 1. The van der Waals surface area contributed by atoms with Crippen molar-refractivity contribution in [1.82, 2.24) is 5.48 Å². The van der Waals surface area contributed by atoms with Gasteiger partial charge >= 0.3 is 5.97 Å². The van der Waals surface area contributed by atoms with Crippen molar-refractivity contribution < 1.29 is 19.5 Å². The van der Waals surface area contributed by atoms with Crippen molar-refractivity contribution in [2.24, 2.45) is 0 Å². The van der Waals surface area contributed by atoms with Crippen molar-refractivity contribution in [2.75, 3.05) is 6.61 Å². The molecule has 1 aromatic rings. The number of aryl methyl sites for hydroxylation is 2. The topological polar surface area (TPSA) is 75.6 Å². The first-order valence-electron chi connectivity index (χ1n) is 4.21. The molecule has 0 aromatic carbocycles. The Kier molecular flexibility index (Phi) is 3.81. The van der Waals surface area contributed by atoms with Crippen molar-refractivity contribution in [3.8, 4) is 0 Å². The molecule has 0 radical (unpaired) electrons. The molecule has 0 aliphatic heterocycles. The van der Waals surface area contributed by atoms with Crippen LogP contribution in [0, 0.1) is 13.8 Å². The number of hydrogen-bond acceptors (Lipinski definition) is 4. The lowest BCUT2D eigenvalue weighted by atomic mass is 10.2. The Morgan fingerprint density at radius 1 is 1.53 bits per heavy atom. The Morgan fingerprint density at radius 3 is 2.67 bits per heavy atom. The van der Waals surface area contributed by atoms with E-state index in [1.165, 1.54) is 11.3 Å². The lowest BCUT2D eigenvalue weighted by molar-refractivity contribution is -0.144. The van der Waals surface area contributed by atoms with Crippen LogP contribution in [-0.4, -0.2) is 23.6 Å². The first-order valence-corrected chi connectivity index (χ1v) is 5.03. The fourth-order valence-corrected chi connectivity index (χ4v) is 2.00. The molecule has 2 N–H and O–H groups in total. The molecule has 0 aliphatic rings. The van der Waals surface area contributed by atoms with Gasteiger partial charge in [-0.15, -0.1) is 11.3 Å². The molecule has 5 nitrogen and oxygen atoms in total. The summed E-state index contributed by atoms with van der Waals surface area (Å²) < 4.78 is 0. The van der Waals surface area contributed by atoms with Crippen molar-refractivity contribution in [3.63, 3.8) is 0 Å². The molecule has 15 heavy (non-hydrogen) atoms. The van der Waals surface area contributed by atoms with Crippen molar-refractivity contribution in [2.45, 2.75) is 13.8 Å². The number of rotatable bonds is 4. The third-order valence-corrected chi connectivity index (χ3v) is 2.61. The average molecular weight is 229 g/mol. The van der Waals surface area contributed by atoms with E-state index in [1.54, 1.807) is 6.07 Å². The molecule has 0 unspecified atom stereocenters. The quantitative estimate of drug-likeness (QED) is 0.758. The summed E-state index contributed by atoms with van der Waals surface area (Å²) >= 11 is 1.50. The number of thiophene rings is 1. The van der Waals surface area contributed by atoms with Crippen LogP contribution in [0.4, 0.5) is 0 Å². The van der Waals surface area contributed by atoms with E-state index in [9.17, 15) is 9.59 Å². The van der Waals surface area contributed by atoms with E-state index < -0.39 is 18.5 Å². The molecule has 1 amide bonds. The van der Waals surface area contributed by atoms with E-state index in [2.05, 4.69) is 10.3 Å². The van der Waals surface area contributed by atoms with Crippen LogP contribution in [0.15, 0.2) is 6.07 Å². The van der Waals surface area contributed by atoms with Crippen LogP contribution < -0.4 is 5.48 Å². The molecule has 0 aliphatic carbocycles. The molecular formula is C9H11NO4S. The van der Waals surface area contributed by atoms with Gasteiger partial charge in [-0.1, -0.05) is 0 Å². The highest BCUT2D eigenvalue weighted by Crippen LogP contribution is 2.20. The highest BCUT2D eigenvalue weighted by molar-refractivity contribution is 7.12. The van der Waals surface area contributed by atoms with Gasteiger partial charge in [0, 0.05) is 9.75 Å². The van der Waals surface area contributed by atoms with Crippen molar-refractivity contribution in [1.29, 1.82) is 0 Å². The van der Waals surface area contributed by atoms with Gasteiger partial charge in [-0.3, -0.25) is 9.63 Å². The molecular weight excluding hydrogens is 218 g/mol. The minimum atomic E-state index is -1.13. The SMILES string of the molecule is Cc1cc(C(=O)NOCC(=O)O)c(C)s1. The second kappa shape index (κ2) is 4.90. The van der Waals surface area contributed by atoms with Gasteiger partial charge in [0.05, 0.1) is 5.56 Å². The lowest BCUT2D eigenvalue weighted by Crippen LogP contribution is -2.26. The summed E-state index contributed by atoms with van der Waals surface area (Å²) in [5.41, 5.74) is 2.59. The number of nitrogens with one attached hydrogen (secondary N) is 1. The molecule has 0 spiro atoms. The Balaban J connectivity index is 2.54. The van der Waals surface area contributed by atoms with Crippen LogP contribution >= 0.6 is 11.3 Å². The smallest absolute Gasteiger partial charge is 0.332 e. The van der Waals surface area contributed by atoms with Gasteiger partial charge in [0.2, 0.25) is 0 Å². The zero-order valence-corrected chi connectivity index (χ0v) is 9.18. The number of amides is 1. The standard InChI is InChI=1S/C9H11NO4S/c1-5-3-7(6(2)15-5)9(13)10-14-4-8(11)12/h3H,4H2,1-2H3,(H,10,13)(H,11,12). The second-order valence-electron chi connectivity index (χ2n) is 2.94.